The Morgan fingerprint density at radius 3 is 2.76 bits per heavy atom. The first-order valence-electron chi connectivity index (χ1n) is 4.73. The molecular formula is C10H9BrN3O3+. The Morgan fingerprint density at radius 1 is 1.47 bits per heavy atom. The molecule has 0 radical (unpaired) electrons. The van der Waals surface area contributed by atoms with Crippen molar-refractivity contribution in [1.29, 1.82) is 0 Å². The van der Waals surface area contributed by atoms with Gasteiger partial charge in [0.05, 0.1) is 5.69 Å². The van der Waals surface area contributed by atoms with E-state index in [-0.39, 0.29) is 5.69 Å². The van der Waals surface area contributed by atoms with Crippen LogP contribution in [0.1, 0.15) is 10.5 Å². The summed E-state index contributed by atoms with van der Waals surface area (Å²) in [5.41, 5.74) is -0.226. The Morgan fingerprint density at radius 2 is 2.18 bits per heavy atom. The van der Waals surface area contributed by atoms with Crippen LogP contribution in [0, 0.1) is 0 Å². The van der Waals surface area contributed by atoms with Gasteiger partial charge in [-0.05, 0) is 33.3 Å². The molecule has 0 aliphatic heterocycles. The number of nitrogens with zero attached hydrogens (tertiary/aromatic N) is 1. The maximum Gasteiger partial charge on any atom is 0.440 e. The zero-order valence-corrected chi connectivity index (χ0v) is 10.4. The van der Waals surface area contributed by atoms with Gasteiger partial charge in [-0.15, -0.1) is 0 Å². The van der Waals surface area contributed by atoms with Crippen LogP contribution in [0.15, 0.2) is 38.1 Å². The van der Waals surface area contributed by atoms with E-state index in [1.807, 2.05) is 6.07 Å². The van der Waals surface area contributed by atoms with E-state index in [1.54, 1.807) is 18.2 Å². The van der Waals surface area contributed by atoms with E-state index in [0.29, 0.717) is 5.69 Å². The van der Waals surface area contributed by atoms with Gasteiger partial charge >= 0.3 is 17.2 Å². The number of carbonyl (C=O) groups is 1. The largest absolute Gasteiger partial charge is 0.440 e. The molecule has 1 heterocycles. The van der Waals surface area contributed by atoms with Gasteiger partial charge in [0.2, 0.25) is 0 Å². The van der Waals surface area contributed by atoms with Gasteiger partial charge in [-0.25, -0.2) is 4.79 Å². The molecule has 1 amide bonds. The molecule has 0 spiro atoms. The maximum absolute atomic E-state index is 11.8. The van der Waals surface area contributed by atoms with E-state index < -0.39 is 11.5 Å². The lowest BCUT2D eigenvalue weighted by atomic mass is 10.3. The first-order valence-corrected chi connectivity index (χ1v) is 5.52. The monoisotopic (exact) mass is 298 g/mol. The molecule has 2 N–H and O–H groups in total. The van der Waals surface area contributed by atoms with Crippen LogP contribution in [0.3, 0.4) is 0 Å². The van der Waals surface area contributed by atoms with Gasteiger partial charge in [0, 0.05) is 4.47 Å². The fraction of sp³-hybridized carbons (Fsp3) is 0.100. The van der Waals surface area contributed by atoms with Crippen LogP contribution >= 0.6 is 15.9 Å². The Hall–Kier alpha value is -1.89. The summed E-state index contributed by atoms with van der Waals surface area (Å²) in [6.07, 6.45) is 0. The molecule has 2 rings (SSSR count). The third kappa shape index (κ3) is 2.28. The smallest absolute Gasteiger partial charge is 0.315 e. The van der Waals surface area contributed by atoms with Crippen LogP contribution in [0.2, 0.25) is 0 Å². The number of aromatic amines is 1. The summed E-state index contributed by atoms with van der Waals surface area (Å²) in [7, 11) is 1.51. The van der Waals surface area contributed by atoms with Crippen LogP contribution in [-0.4, -0.2) is 11.2 Å². The predicted molar refractivity (Wildman–Crippen MR) is 62.6 cm³/mol. The molecular weight excluding hydrogens is 290 g/mol. The molecule has 6 nitrogen and oxygen atoms in total. The molecule has 0 saturated carbocycles. The van der Waals surface area contributed by atoms with Gasteiger partial charge in [0.15, 0.2) is 7.05 Å². The third-order valence-corrected chi connectivity index (χ3v) is 2.83. The number of rotatable bonds is 2. The number of nitrogens with one attached hydrogen (secondary N) is 2. The van der Waals surface area contributed by atoms with Crippen molar-refractivity contribution < 1.29 is 14.0 Å². The highest BCUT2D eigenvalue weighted by atomic mass is 79.9. The Labute approximate surface area is 104 Å². The average Bonchev–Trinajstić information content (AvgIpc) is 2.62. The molecule has 0 bridgehead atoms. The molecule has 88 valence electrons. The zero-order chi connectivity index (χ0) is 12.4. The first-order chi connectivity index (χ1) is 8.09. The number of hydrogen-bond acceptors (Lipinski definition) is 3. The summed E-state index contributed by atoms with van der Waals surface area (Å²) in [4.78, 5) is 23.1. The molecule has 2 aromatic rings. The van der Waals surface area contributed by atoms with Crippen molar-refractivity contribution in [1.82, 2.24) is 5.27 Å². The molecule has 1 aromatic heterocycles. The summed E-state index contributed by atoms with van der Waals surface area (Å²) < 4.78 is 6.44. The van der Waals surface area contributed by atoms with Crippen LogP contribution in [0.5, 0.6) is 0 Å². The molecule has 0 fully saturated rings. The van der Waals surface area contributed by atoms with E-state index in [9.17, 15) is 9.59 Å². The highest BCUT2D eigenvalue weighted by molar-refractivity contribution is 9.10. The molecule has 0 saturated heterocycles. The Balaban J connectivity index is 2.30. The van der Waals surface area contributed by atoms with Gasteiger partial charge in [0.1, 0.15) is 0 Å². The second-order valence-corrected chi connectivity index (χ2v) is 4.18. The van der Waals surface area contributed by atoms with Crippen molar-refractivity contribution in [3.63, 3.8) is 0 Å². The number of amides is 1. The molecule has 1 aromatic carbocycles. The number of para-hydroxylation sites is 1. The summed E-state index contributed by atoms with van der Waals surface area (Å²) in [6, 6.07) is 7.11. The minimum absolute atomic E-state index is 0.0965. The van der Waals surface area contributed by atoms with Crippen LogP contribution in [0.25, 0.3) is 0 Å². The quantitative estimate of drug-likeness (QED) is 0.805. The molecule has 7 heteroatoms. The van der Waals surface area contributed by atoms with Gasteiger partial charge in [-0.3, -0.25) is 9.32 Å². The molecule has 0 atom stereocenters. The molecule has 17 heavy (non-hydrogen) atoms. The summed E-state index contributed by atoms with van der Waals surface area (Å²) in [5.74, 6) is -0.533. The Bertz CT molecular complexity index is 617. The highest BCUT2D eigenvalue weighted by Crippen LogP contribution is 2.21. The van der Waals surface area contributed by atoms with E-state index in [0.717, 1.165) is 4.47 Å². The van der Waals surface area contributed by atoms with E-state index in [4.69, 9.17) is 0 Å². The van der Waals surface area contributed by atoms with Crippen molar-refractivity contribution >= 4 is 27.5 Å². The second kappa shape index (κ2) is 4.54. The van der Waals surface area contributed by atoms with Gasteiger partial charge in [0.25, 0.3) is 0 Å². The first kappa shape index (κ1) is 11.6. The van der Waals surface area contributed by atoms with Crippen LogP contribution in [0.4, 0.5) is 5.69 Å². The molecule has 0 unspecified atom stereocenters. The Kier molecular flexibility index (Phi) is 3.10. The predicted octanol–water partition coefficient (Wildman–Crippen LogP) is 0.807. The van der Waals surface area contributed by atoms with Crippen molar-refractivity contribution in [3.05, 3.63) is 44.9 Å². The third-order valence-electron chi connectivity index (χ3n) is 2.14. The number of H-pyrrole nitrogens is 1. The minimum atomic E-state index is -0.711. The number of anilines is 1. The number of benzene rings is 1. The fourth-order valence-corrected chi connectivity index (χ4v) is 1.71. The fourth-order valence-electron chi connectivity index (χ4n) is 1.33. The van der Waals surface area contributed by atoms with E-state index >= 15 is 0 Å². The second-order valence-electron chi connectivity index (χ2n) is 3.32. The average molecular weight is 299 g/mol. The number of carbonyl (C=O) groups excluding carboxylic acids is 1. The van der Waals surface area contributed by atoms with Crippen molar-refractivity contribution in [2.24, 2.45) is 7.05 Å². The lowest BCUT2D eigenvalue weighted by Gasteiger charge is -2.02. The molecule has 0 aliphatic carbocycles. The summed E-state index contributed by atoms with van der Waals surface area (Å²) >= 11 is 3.29. The van der Waals surface area contributed by atoms with Crippen LogP contribution in [-0.2, 0) is 7.05 Å². The van der Waals surface area contributed by atoms with Gasteiger partial charge in [-0.2, -0.15) is 0 Å². The topological polar surface area (TPSA) is 79.0 Å². The zero-order valence-electron chi connectivity index (χ0n) is 8.86. The maximum atomic E-state index is 11.8. The summed E-state index contributed by atoms with van der Waals surface area (Å²) in [5, 5.41) is 4.88. The SMILES string of the molecule is C[n+]1[nH]oc(=O)c1C(=O)Nc1ccccc1Br. The lowest BCUT2D eigenvalue weighted by molar-refractivity contribution is -0.741. The summed E-state index contributed by atoms with van der Waals surface area (Å²) in [6.45, 7) is 0. The number of hydrogen-bond donors (Lipinski definition) is 2. The van der Waals surface area contributed by atoms with Crippen molar-refractivity contribution in [3.8, 4) is 0 Å². The number of aryl methyl sites for hydroxylation is 1. The standard InChI is InChI=1S/C10H8BrN3O3/c1-14-8(10(16)17-13-14)9(15)12-7-5-3-2-4-6(7)11/h2-5H,1H3,(H-,12,13,15,16)/p+1. The van der Waals surface area contributed by atoms with Crippen molar-refractivity contribution in [2.45, 2.75) is 0 Å². The van der Waals surface area contributed by atoms with Gasteiger partial charge < -0.3 is 5.32 Å². The highest BCUT2D eigenvalue weighted by Gasteiger charge is 2.26. The van der Waals surface area contributed by atoms with Crippen molar-refractivity contribution in [2.75, 3.05) is 5.32 Å². The number of halogens is 1. The van der Waals surface area contributed by atoms with Gasteiger partial charge in [-0.1, -0.05) is 16.8 Å². The number of aromatic nitrogens is 2. The van der Waals surface area contributed by atoms with Crippen LogP contribution < -0.4 is 15.6 Å². The lowest BCUT2D eigenvalue weighted by Crippen LogP contribution is -2.41. The van der Waals surface area contributed by atoms with E-state index in [2.05, 4.69) is 31.0 Å². The normalized spacial score (nSPS) is 10.2. The molecule has 0 aliphatic rings. The minimum Gasteiger partial charge on any atom is -0.315 e. The van der Waals surface area contributed by atoms with E-state index in [1.165, 1.54) is 11.7 Å².